The molecule has 9 heteroatoms. The van der Waals surface area contributed by atoms with Crippen LogP contribution in [0.1, 0.15) is 35.3 Å². The first-order valence-corrected chi connectivity index (χ1v) is 8.01. The summed E-state index contributed by atoms with van der Waals surface area (Å²) in [5.41, 5.74) is -0.425. The van der Waals surface area contributed by atoms with E-state index in [1.165, 1.54) is 18.3 Å². The average Bonchev–Trinajstić information content (AvgIpc) is 3.24. The van der Waals surface area contributed by atoms with E-state index in [1.807, 2.05) is 0 Å². The molecule has 1 fully saturated rings. The number of alkyl halides is 3. The third kappa shape index (κ3) is 3.87. The molecule has 0 bridgehead atoms. The Balaban J connectivity index is 1.72. The van der Waals surface area contributed by atoms with Crippen molar-refractivity contribution in [3.8, 4) is 5.69 Å². The molecule has 1 aliphatic carbocycles. The highest BCUT2D eigenvalue weighted by Crippen LogP contribution is 2.28. The number of carboxylic acid groups (broad SMARTS) is 1. The second kappa shape index (κ2) is 6.81. The number of carboxylic acids is 1. The van der Waals surface area contributed by atoms with Crippen molar-refractivity contribution in [2.45, 2.75) is 31.5 Å². The molecule has 0 radical (unpaired) electrons. The highest BCUT2D eigenvalue weighted by Gasteiger charge is 2.34. The fourth-order valence-corrected chi connectivity index (χ4v) is 3.01. The number of aliphatic carboxylic acids is 1. The summed E-state index contributed by atoms with van der Waals surface area (Å²) in [6.07, 6.45) is -1.91. The second-order valence-corrected chi connectivity index (χ2v) is 6.21. The van der Waals surface area contributed by atoms with Gasteiger partial charge in [-0.1, -0.05) is 6.07 Å². The van der Waals surface area contributed by atoms with Gasteiger partial charge in [0, 0.05) is 17.8 Å². The number of halogens is 3. The van der Waals surface area contributed by atoms with Gasteiger partial charge in [-0.05, 0) is 43.5 Å². The lowest BCUT2D eigenvalue weighted by Crippen LogP contribution is -2.33. The standard InChI is InChI=1S/C17H16F3N3O3/c18-17(19,20)14-6-7-23(22-14)13-3-1-2-10(9-13)15(24)21-12-5-4-11(8-12)16(25)26/h1-3,6-7,9,11-12H,4-5,8H2,(H,21,24)(H,25,26)/t11-,12+/m0/s1. The lowest BCUT2D eigenvalue weighted by Gasteiger charge is -2.13. The molecule has 26 heavy (non-hydrogen) atoms. The summed E-state index contributed by atoms with van der Waals surface area (Å²) in [7, 11) is 0. The third-order valence-electron chi connectivity index (χ3n) is 4.37. The molecule has 2 atom stereocenters. The number of aromatic nitrogens is 2. The zero-order chi connectivity index (χ0) is 18.9. The first-order chi connectivity index (χ1) is 12.2. The fourth-order valence-electron chi connectivity index (χ4n) is 3.01. The second-order valence-electron chi connectivity index (χ2n) is 6.21. The van der Waals surface area contributed by atoms with Gasteiger partial charge in [0.05, 0.1) is 11.6 Å². The first kappa shape index (κ1) is 18.0. The Bertz CT molecular complexity index is 832. The molecule has 0 aliphatic heterocycles. The Morgan fingerprint density at radius 1 is 1.23 bits per heavy atom. The molecule has 0 unspecified atom stereocenters. The largest absolute Gasteiger partial charge is 0.481 e. The van der Waals surface area contributed by atoms with Gasteiger partial charge in [-0.2, -0.15) is 18.3 Å². The first-order valence-electron chi connectivity index (χ1n) is 8.01. The maximum Gasteiger partial charge on any atom is 0.435 e. The predicted octanol–water partition coefficient (Wildman–Crippen LogP) is 2.87. The van der Waals surface area contributed by atoms with E-state index in [1.54, 1.807) is 12.1 Å². The minimum atomic E-state index is -4.54. The number of amides is 1. The molecule has 1 amide bonds. The lowest BCUT2D eigenvalue weighted by molar-refractivity contribution is -0.142. The van der Waals surface area contributed by atoms with Gasteiger partial charge in [-0.25, -0.2) is 4.68 Å². The summed E-state index contributed by atoms with van der Waals surface area (Å²) in [6, 6.07) is 6.70. The van der Waals surface area contributed by atoms with Crippen LogP contribution in [0.5, 0.6) is 0 Å². The Hall–Kier alpha value is -2.84. The number of carbonyl (C=O) groups excluding carboxylic acids is 1. The summed E-state index contributed by atoms with van der Waals surface area (Å²) >= 11 is 0. The number of nitrogens with zero attached hydrogens (tertiary/aromatic N) is 2. The van der Waals surface area contributed by atoms with Crippen LogP contribution in [0.4, 0.5) is 13.2 Å². The Morgan fingerprint density at radius 2 is 2.00 bits per heavy atom. The molecular weight excluding hydrogens is 351 g/mol. The highest BCUT2D eigenvalue weighted by atomic mass is 19.4. The van der Waals surface area contributed by atoms with Crippen LogP contribution in [-0.2, 0) is 11.0 Å². The molecule has 6 nitrogen and oxygen atoms in total. The topological polar surface area (TPSA) is 84.2 Å². The van der Waals surface area contributed by atoms with Crippen LogP contribution in [-0.4, -0.2) is 32.8 Å². The number of rotatable bonds is 4. The summed E-state index contributed by atoms with van der Waals surface area (Å²) in [4.78, 5) is 23.3. The number of nitrogens with one attached hydrogen (secondary N) is 1. The van der Waals surface area contributed by atoms with Crippen LogP contribution in [0.2, 0.25) is 0 Å². The SMILES string of the molecule is O=C(N[C@@H]1CC[C@H](C(=O)O)C1)c1cccc(-n2ccc(C(F)(F)F)n2)c1. The summed E-state index contributed by atoms with van der Waals surface area (Å²) in [5.74, 6) is -1.73. The van der Waals surface area contributed by atoms with Crippen LogP contribution >= 0.6 is 0 Å². The Kier molecular flexibility index (Phi) is 4.71. The maximum atomic E-state index is 12.7. The van der Waals surface area contributed by atoms with Gasteiger partial charge in [-0.3, -0.25) is 9.59 Å². The van der Waals surface area contributed by atoms with E-state index in [0.29, 0.717) is 24.9 Å². The summed E-state index contributed by atoms with van der Waals surface area (Å²) in [6.45, 7) is 0. The molecule has 2 aromatic rings. The van der Waals surface area contributed by atoms with Crippen molar-refractivity contribution in [3.63, 3.8) is 0 Å². The van der Waals surface area contributed by atoms with Gasteiger partial charge >= 0.3 is 12.1 Å². The Morgan fingerprint density at radius 3 is 2.62 bits per heavy atom. The van der Waals surface area contributed by atoms with Crippen LogP contribution < -0.4 is 5.32 Å². The quantitative estimate of drug-likeness (QED) is 0.870. The lowest BCUT2D eigenvalue weighted by atomic mass is 10.1. The fraction of sp³-hybridized carbons (Fsp3) is 0.353. The van der Waals surface area contributed by atoms with Crippen molar-refractivity contribution < 1.29 is 27.9 Å². The third-order valence-corrected chi connectivity index (χ3v) is 4.37. The molecule has 138 valence electrons. The minimum Gasteiger partial charge on any atom is -0.481 e. The summed E-state index contributed by atoms with van der Waals surface area (Å²) in [5, 5.41) is 15.3. The molecule has 1 aromatic carbocycles. The van der Waals surface area contributed by atoms with Gasteiger partial charge in [0.15, 0.2) is 5.69 Å². The molecule has 1 saturated carbocycles. The highest BCUT2D eigenvalue weighted by molar-refractivity contribution is 5.95. The van der Waals surface area contributed by atoms with E-state index in [4.69, 9.17) is 5.11 Å². The smallest absolute Gasteiger partial charge is 0.435 e. The van der Waals surface area contributed by atoms with Crippen LogP contribution in [0.15, 0.2) is 36.5 Å². The molecule has 0 saturated heterocycles. The number of hydrogen-bond acceptors (Lipinski definition) is 3. The predicted molar refractivity (Wildman–Crippen MR) is 84.8 cm³/mol. The van der Waals surface area contributed by atoms with Gasteiger partial charge < -0.3 is 10.4 Å². The average molecular weight is 367 g/mol. The molecule has 0 spiro atoms. The van der Waals surface area contributed by atoms with Gasteiger partial charge in [-0.15, -0.1) is 0 Å². The van der Waals surface area contributed by atoms with E-state index in [0.717, 1.165) is 10.7 Å². The molecule has 1 heterocycles. The van der Waals surface area contributed by atoms with Crippen molar-refractivity contribution in [3.05, 3.63) is 47.8 Å². The minimum absolute atomic E-state index is 0.228. The number of benzene rings is 1. The zero-order valence-electron chi connectivity index (χ0n) is 13.5. The number of hydrogen-bond donors (Lipinski definition) is 2. The molecular formula is C17H16F3N3O3. The van der Waals surface area contributed by atoms with E-state index >= 15 is 0 Å². The van der Waals surface area contributed by atoms with Crippen molar-refractivity contribution in [2.75, 3.05) is 0 Å². The number of carbonyl (C=O) groups is 2. The van der Waals surface area contributed by atoms with Crippen LogP contribution in [0.3, 0.4) is 0 Å². The van der Waals surface area contributed by atoms with Crippen molar-refractivity contribution in [1.29, 1.82) is 0 Å². The van der Waals surface area contributed by atoms with Crippen molar-refractivity contribution in [2.24, 2.45) is 5.92 Å². The van der Waals surface area contributed by atoms with Gasteiger partial charge in [0.1, 0.15) is 0 Å². The van der Waals surface area contributed by atoms with Crippen molar-refractivity contribution in [1.82, 2.24) is 15.1 Å². The van der Waals surface area contributed by atoms with E-state index in [9.17, 15) is 22.8 Å². The van der Waals surface area contributed by atoms with Crippen LogP contribution in [0.25, 0.3) is 5.69 Å². The molecule has 3 rings (SSSR count). The normalized spacial score (nSPS) is 20.1. The Labute approximate surface area is 146 Å². The summed E-state index contributed by atoms with van der Waals surface area (Å²) < 4.78 is 39.0. The monoisotopic (exact) mass is 367 g/mol. The van der Waals surface area contributed by atoms with Gasteiger partial charge in [0.25, 0.3) is 5.91 Å². The van der Waals surface area contributed by atoms with E-state index in [2.05, 4.69) is 10.4 Å². The van der Waals surface area contributed by atoms with Crippen LogP contribution in [0, 0.1) is 5.92 Å². The molecule has 2 N–H and O–H groups in total. The maximum absolute atomic E-state index is 12.7. The van der Waals surface area contributed by atoms with E-state index < -0.39 is 29.7 Å². The molecule has 1 aromatic heterocycles. The molecule has 1 aliphatic rings. The van der Waals surface area contributed by atoms with E-state index in [-0.39, 0.29) is 11.6 Å². The zero-order valence-corrected chi connectivity index (χ0v) is 13.5. The van der Waals surface area contributed by atoms with Crippen molar-refractivity contribution >= 4 is 11.9 Å². The van der Waals surface area contributed by atoms with Gasteiger partial charge in [0.2, 0.25) is 0 Å².